The number of rotatable bonds is 2. The van der Waals surface area contributed by atoms with Gasteiger partial charge in [0.05, 0.1) is 16.9 Å². The van der Waals surface area contributed by atoms with E-state index < -0.39 is 0 Å². The van der Waals surface area contributed by atoms with Crippen LogP contribution in [0, 0.1) is 0 Å². The summed E-state index contributed by atoms with van der Waals surface area (Å²) in [4.78, 5) is 17.3. The van der Waals surface area contributed by atoms with Gasteiger partial charge < -0.3 is 0 Å². The molecule has 5 nitrogen and oxygen atoms in total. The Kier molecular flexibility index (Phi) is 3.65. The molecule has 1 aliphatic carbocycles. The smallest absolute Gasteiger partial charge is 0.264 e. The van der Waals surface area contributed by atoms with Crippen LogP contribution < -0.4 is 5.56 Å². The van der Waals surface area contributed by atoms with Gasteiger partial charge >= 0.3 is 0 Å². The van der Waals surface area contributed by atoms with E-state index in [1.807, 2.05) is 18.2 Å². The first-order chi connectivity index (χ1) is 11.3. The van der Waals surface area contributed by atoms with Gasteiger partial charge in [0.2, 0.25) is 0 Å². The molecule has 1 aromatic carbocycles. The summed E-state index contributed by atoms with van der Waals surface area (Å²) in [7, 11) is 0. The summed E-state index contributed by atoms with van der Waals surface area (Å²) in [6, 6.07) is 7.67. The highest BCUT2D eigenvalue weighted by Crippen LogP contribution is 2.27. The summed E-state index contributed by atoms with van der Waals surface area (Å²) < 4.78 is 3.41. The molecule has 118 valence electrons. The predicted octanol–water partition coefficient (Wildman–Crippen LogP) is 3.74. The second kappa shape index (κ2) is 5.81. The Morgan fingerprint density at radius 2 is 1.91 bits per heavy atom. The van der Waals surface area contributed by atoms with Gasteiger partial charge in [0, 0.05) is 6.04 Å². The van der Waals surface area contributed by atoms with Crippen LogP contribution in [0.2, 0.25) is 5.02 Å². The predicted molar refractivity (Wildman–Crippen MR) is 90.3 cm³/mol. The van der Waals surface area contributed by atoms with Gasteiger partial charge in [0.15, 0.2) is 5.65 Å². The number of benzene rings is 1. The van der Waals surface area contributed by atoms with Gasteiger partial charge in [0.1, 0.15) is 11.7 Å². The zero-order valence-electron chi connectivity index (χ0n) is 12.7. The van der Waals surface area contributed by atoms with Crippen molar-refractivity contribution < 1.29 is 0 Å². The molecule has 6 heteroatoms. The van der Waals surface area contributed by atoms with Crippen LogP contribution in [0.3, 0.4) is 0 Å². The highest BCUT2D eigenvalue weighted by molar-refractivity contribution is 6.32. The SMILES string of the molecule is O=c1c2cnn(-c3ccccc3Cl)c2ncn1C1CCCCC1. The van der Waals surface area contributed by atoms with Gasteiger partial charge in [-0.05, 0) is 25.0 Å². The molecule has 0 amide bonds. The molecule has 0 saturated heterocycles. The lowest BCUT2D eigenvalue weighted by atomic mass is 9.95. The van der Waals surface area contributed by atoms with Crippen LogP contribution in [0.25, 0.3) is 16.7 Å². The maximum atomic E-state index is 12.8. The average Bonchev–Trinajstić information content (AvgIpc) is 3.01. The normalized spacial score (nSPS) is 16.0. The molecule has 23 heavy (non-hydrogen) atoms. The number of halogens is 1. The molecule has 2 heterocycles. The first-order valence-electron chi connectivity index (χ1n) is 7.95. The Morgan fingerprint density at radius 1 is 1.13 bits per heavy atom. The third kappa shape index (κ3) is 2.45. The van der Waals surface area contributed by atoms with Crippen molar-refractivity contribution in [2.45, 2.75) is 38.1 Å². The number of para-hydroxylation sites is 1. The van der Waals surface area contributed by atoms with Crippen LogP contribution in [0.1, 0.15) is 38.1 Å². The Labute approximate surface area is 138 Å². The minimum absolute atomic E-state index is 0.0137. The lowest BCUT2D eigenvalue weighted by molar-refractivity contribution is 0.345. The summed E-state index contributed by atoms with van der Waals surface area (Å²) in [5.41, 5.74) is 1.27. The zero-order valence-corrected chi connectivity index (χ0v) is 13.4. The molecule has 0 aliphatic heterocycles. The Morgan fingerprint density at radius 3 is 2.70 bits per heavy atom. The molecule has 1 aliphatic rings. The molecule has 2 aromatic heterocycles. The topological polar surface area (TPSA) is 52.7 Å². The quantitative estimate of drug-likeness (QED) is 0.720. The van der Waals surface area contributed by atoms with Crippen LogP contribution in [-0.4, -0.2) is 19.3 Å². The van der Waals surface area contributed by atoms with Crippen molar-refractivity contribution in [2.75, 3.05) is 0 Å². The second-order valence-corrected chi connectivity index (χ2v) is 6.40. The Bertz CT molecular complexity index is 908. The fourth-order valence-corrected chi connectivity index (χ4v) is 3.56. The number of hydrogen-bond donors (Lipinski definition) is 0. The van der Waals surface area contributed by atoms with Crippen molar-refractivity contribution >= 4 is 22.6 Å². The van der Waals surface area contributed by atoms with Crippen molar-refractivity contribution in [3.8, 4) is 5.69 Å². The first kappa shape index (κ1) is 14.5. The van der Waals surface area contributed by atoms with Crippen LogP contribution >= 0.6 is 11.6 Å². The number of aromatic nitrogens is 4. The molecular weight excluding hydrogens is 312 g/mol. The van der Waals surface area contributed by atoms with Crippen LogP contribution in [0.4, 0.5) is 0 Å². The van der Waals surface area contributed by atoms with Crippen LogP contribution in [-0.2, 0) is 0 Å². The maximum absolute atomic E-state index is 12.8. The minimum atomic E-state index is -0.0137. The number of hydrogen-bond acceptors (Lipinski definition) is 3. The van der Waals surface area contributed by atoms with Crippen molar-refractivity contribution in [1.82, 2.24) is 19.3 Å². The standard InChI is InChI=1S/C17H17ClN4O/c18-14-8-4-5-9-15(14)22-16-13(10-20-22)17(23)21(11-19-16)12-6-2-1-3-7-12/h4-5,8-12H,1-3,6-7H2. The molecular formula is C17H17ClN4O. The van der Waals surface area contributed by atoms with Crippen molar-refractivity contribution in [3.63, 3.8) is 0 Å². The summed E-state index contributed by atoms with van der Waals surface area (Å²) in [6.45, 7) is 0. The van der Waals surface area contributed by atoms with E-state index in [0.29, 0.717) is 16.1 Å². The molecule has 0 N–H and O–H groups in total. The summed E-state index contributed by atoms with van der Waals surface area (Å²) in [5, 5.41) is 5.45. The second-order valence-electron chi connectivity index (χ2n) is 5.99. The van der Waals surface area contributed by atoms with Crippen LogP contribution in [0.15, 0.2) is 41.6 Å². The van der Waals surface area contributed by atoms with Gasteiger partial charge in [-0.3, -0.25) is 9.36 Å². The van der Waals surface area contributed by atoms with Gasteiger partial charge in [-0.15, -0.1) is 0 Å². The van der Waals surface area contributed by atoms with Gasteiger partial charge in [0.25, 0.3) is 5.56 Å². The van der Waals surface area contributed by atoms with Crippen molar-refractivity contribution in [2.24, 2.45) is 0 Å². The molecule has 1 fully saturated rings. The average molecular weight is 329 g/mol. The third-order valence-corrected chi connectivity index (χ3v) is 4.88. The van der Waals surface area contributed by atoms with E-state index in [-0.39, 0.29) is 11.6 Å². The van der Waals surface area contributed by atoms with Crippen LogP contribution in [0.5, 0.6) is 0 Å². The van der Waals surface area contributed by atoms with Crippen molar-refractivity contribution in [1.29, 1.82) is 0 Å². The molecule has 1 saturated carbocycles. The molecule has 4 rings (SSSR count). The lowest BCUT2D eigenvalue weighted by Crippen LogP contribution is -2.26. The highest BCUT2D eigenvalue weighted by atomic mass is 35.5. The fourth-order valence-electron chi connectivity index (χ4n) is 3.34. The monoisotopic (exact) mass is 328 g/mol. The number of fused-ring (bicyclic) bond motifs is 1. The number of nitrogens with zero attached hydrogens (tertiary/aromatic N) is 4. The van der Waals surface area contributed by atoms with E-state index in [2.05, 4.69) is 10.1 Å². The third-order valence-electron chi connectivity index (χ3n) is 4.56. The molecule has 0 spiro atoms. The Hall–Kier alpha value is -2.14. The van der Waals surface area contributed by atoms with E-state index in [1.54, 1.807) is 27.8 Å². The molecule has 0 atom stereocenters. The van der Waals surface area contributed by atoms with Gasteiger partial charge in [-0.2, -0.15) is 5.10 Å². The molecule has 0 unspecified atom stereocenters. The highest BCUT2D eigenvalue weighted by Gasteiger charge is 2.19. The minimum Gasteiger partial charge on any atom is -0.295 e. The van der Waals surface area contributed by atoms with E-state index in [0.717, 1.165) is 18.5 Å². The van der Waals surface area contributed by atoms with E-state index in [4.69, 9.17) is 11.6 Å². The first-order valence-corrected chi connectivity index (χ1v) is 8.33. The van der Waals surface area contributed by atoms with E-state index in [9.17, 15) is 4.79 Å². The van der Waals surface area contributed by atoms with Gasteiger partial charge in [-0.1, -0.05) is 43.0 Å². The van der Waals surface area contributed by atoms with Gasteiger partial charge in [-0.25, -0.2) is 9.67 Å². The van der Waals surface area contributed by atoms with E-state index in [1.165, 1.54) is 19.3 Å². The molecule has 0 bridgehead atoms. The van der Waals surface area contributed by atoms with Crippen molar-refractivity contribution in [3.05, 3.63) is 52.2 Å². The zero-order chi connectivity index (χ0) is 15.8. The largest absolute Gasteiger partial charge is 0.295 e. The fraction of sp³-hybridized carbons (Fsp3) is 0.353. The summed E-state index contributed by atoms with van der Waals surface area (Å²) in [5.74, 6) is 0. The summed E-state index contributed by atoms with van der Waals surface area (Å²) >= 11 is 6.24. The molecule has 3 aromatic rings. The molecule has 0 radical (unpaired) electrons. The Balaban J connectivity index is 1.84. The lowest BCUT2D eigenvalue weighted by Gasteiger charge is -2.23. The van der Waals surface area contributed by atoms with E-state index >= 15 is 0 Å². The maximum Gasteiger partial charge on any atom is 0.264 e. The summed E-state index contributed by atoms with van der Waals surface area (Å²) in [6.07, 6.45) is 8.95.